The fourth-order valence-electron chi connectivity index (χ4n) is 1.58. The average Bonchev–Trinajstić information content (AvgIpc) is 2.32. The average molecular weight is 234 g/mol. The molecule has 0 saturated carbocycles. The largest absolute Gasteiger partial charge is 0.399 e. The summed E-state index contributed by atoms with van der Waals surface area (Å²) in [5.74, 6) is -0.135. The topological polar surface area (TPSA) is 87.5 Å². The number of carbonyl (C=O) groups excluding carboxylic acids is 2. The van der Waals surface area contributed by atoms with Crippen molar-refractivity contribution in [2.45, 2.75) is 0 Å². The summed E-state index contributed by atoms with van der Waals surface area (Å²) >= 11 is 0. The van der Waals surface area contributed by atoms with Gasteiger partial charge in [-0.2, -0.15) is 0 Å². The van der Waals surface area contributed by atoms with Gasteiger partial charge in [0, 0.05) is 24.5 Å². The lowest BCUT2D eigenvalue weighted by molar-refractivity contribution is -0.123. The number of nitrogen functional groups attached to an aromatic ring is 1. The van der Waals surface area contributed by atoms with E-state index in [-0.39, 0.29) is 18.5 Å². The lowest BCUT2D eigenvalue weighted by atomic mass is 10.3. The van der Waals surface area contributed by atoms with Crippen LogP contribution in [0.3, 0.4) is 0 Å². The van der Waals surface area contributed by atoms with Gasteiger partial charge in [-0.25, -0.2) is 4.79 Å². The second-order valence-corrected chi connectivity index (χ2v) is 3.82. The van der Waals surface area contributed by atoms with Crippen LogP contribution in [0.15, 0.2) is 24.3 Å². The van der Waals surface area contributed by atoms with Crippen molar-refractivity contribution in [1.82, 2.24) is 10.2 Å². The maximum atomic E-state index is 11.8. The molecule has 0 spiro atoms. The van der Waals surface area contributed by atoms with E-state index in [0.717, 1.165) is 0 Å². The van der Waals surface area contributed by atoms with Crippen molar-refractivity contribution in [1.29, 1.82) is 0 Å². The second kappa shape index (κ2) is 4.73. The summed E-state index contributed by atoms with van der Waals surface area (Å²) in [5.41, 5.74) is 6.84. The highest BCUT2D eigenvalue weighted by Crippen LogP contribution is 2.11. The molecule has 1 aromatic rings. The summed E-state index contributed by atoms with van der Waals surface area (Å²) < 4.78 is 0. The fourth-order valence-corrected chi connectivity index (χ4v) is 1.58. The van der Waals surface area contributed by atoms with Crippen molar-refractivity contribution >= 4 is 23.3 Å². The maximum absolute atomic E-state index is 11.8. The standard InChI is InChI=1S/C11H14N4O2/c12-8-1-3-9(4-2-8)14-11(17)15-6-5-13-10(16)7-15/h1-4H,5-7,12H2,(H,13,16)(H,14,17). The van der Waals surface area contributed by atoms with Gasteiger partial charge in [0.2, 0.25) is 5.91 Å². The normalized spacial score (nSPS) is 15.3. The summed E-state index contributed by atoms with van der Waals surface area (Å²) in [6, 6.07) is 6.58. The Morgan fingerprint density at radius 3 is 2.71 bits per heavy atom. The van der Waals surface area contributed by atoms with Crippen molar-refractivity contribution in [3.05, 3.63) is 24.3 Å². The first-order chi connectivity index (χ1) is 8.15. The van der Waals surface area contributed by atoms with Crippen LogP contribution in [0.4, 0.5) is 16.2 Å². The van der Waals surface area contributed by atoms with Gasteiger partial charge in [0.25, 0.3) is 0 Å². The minimum Gasteiger partial charge on any atom is -0.399 e. The third-order valence-corrected chi connectivity index (χ3v) is 2.49. The number of anilines is 2. The summed E-state index contributed by atoms with van der Waals surface area (Å²) in [4.78, 5) is 24.4. The molecule has 4 N–H and O–H groups in total. The van der Waals surface area contributed by atoms with E-state index in [1.807, 2.05) is 0 Å². The summed E-state index contributed by atoms with van der Waals surface area (Å²) in [7, 11) is 0. The second-order valence-electron chi connectivity index (χ2n) is 3.82. The van der Waals surface area contributed by atoms with Crippen molar-refractivity contribution in [3.63, 3.8) is 0 Å². The lowest BCUT2D eigenvalue weighted by Crippen LogP contribution is -2.51. The molecule has 17 heavy (non-hydrogen) atoms. The molecule has 0 aromatic heterocycles. The molecule has 1 saturated heterocycles. The Balaban J connectivity index is 1.96. The quantitative estimate of drug-likeness (QED) is 0.608. The Morgan fingerprint density at radius 1 is 1.35 bits per heavy atom. The Kier molecular flexibility index (Phi) is 3.13. The van der Waals surface area contributed by atoms with E-state index in [9.17, 15) is 9.59 Å². The molecule has 0 aliphatic carbocycles. The van der Waals surface area contributed by atoms with Crippen LogP contribution in [0.1, 0.15) is 0 Å². The number of nitrogens with zero attached hydrogens (tertiary/aromatic N) is 1. The summed E-state index contributed by atoms with van der Waals surface area (Å²) in [6.07, 6.45) is 0. The van der Waals surface area contributed by atoms with Gasteiger partial charge < -0.3 is 21.3 Å². The first kappa shape index (κ1) is 11.3. The van der Waals surface area contributed by atoms with Gasteiger partial charge in [0.05, 0.1) is 0 Å². The number of urea groups is 1. The van der Waals surface area contributed by atoms with Crippen LogP contribution in [-0.4, -0.2) is 36.5 Å². The van der Waals surface area contributed by atoms with Gasteiger partial charge in [-0.1, -0.05) is 0 Å². The highest BCUT2D eigenvalue weighted by Gasteiger charge is 2.20. The smallest absolute Gasteiger partial charge is 0.322 e. The van der Waals surface area contributed by atoms with Crippen molar-refractivity contribution in [2.24, 2.45) is 0 Å². The van der Waals surface area contributed by atoms with Gasteiger partial charge in [0.1, 0.15) is 6.54 Å². The van der Waals surface area contributed by atoms with Crippen LogP contribution in [0, 0.1) is 0 Å². The number of benzene rings is 1. The van der Waals surface area contributed by atoms with Gasteiger partial charge in [0.15, 0.2) is 0 Å². The van der Waals surface area contributed by atoms with Gasteiger partial charge >= 0.3 is 6.03 Å². The number of nitrogens with two attached hydrogens (primary N) is 1. The predicted molar refractivity (Wildman–Crippen MR) is 64.5 cm³/mol. The predicted octanol–water partition coefficient (Wildman–Crippen LogP) is 0.233. The van der Waals surface area contributed by atoms with E-state index >= 15 is 0 Å². The molecule has 1 heterocycles. The summed E-state index contributed by atoms with van der Waals surface area (Å²) in [6.45, 7) is 1.11. The highest BCUT2D eigenvalue weighted by atomic mass is 16.2. The third kappa shape index (κ3) is 2.87. The zero-order valence-electron chi connectivity index (χ0n) is 9.27. The molecule has 1 aliphatic heterocycles. The number of piperazine rings is 1. The van der Waals surface area contributed by atoms with Crippen molar-refractivity contribution in [3.8, 4) is 0 Å². The molecule has 1 fully saturated rings. The zero-order chi connectivity index (χ0) is 12.3. The third-order valence-electron chi connectivity index (χ3n) is 2.49. The minimum atomic E-state index is -0.273. The molecule has 0 bridgehead atoms. The van der Waals surface area contributed by atoms with E-state index in [0.29, 0.717) is 24.5 Å². The summed E-state index contributed by atoms with van der Waals surface area (Å²) in [5, 5.41) is 5.37. The van der Waals surface area contributed by atoms with E-state index in [1.54, 1.807) is 24.3 Å². The molecule has 1 aliphatic rings. The number of carbonyl (C=O) groups is 2. The Hall–Kier alpha value is -2.24. The molecular formula is C11H14N4O2. The molecule has 2 rings (SSSR count). The first-order valence-corrected chi connectivity index (χ1v) is 5.33. The molecule has 0 atom stereocenters. The Bertz CT molecular complexity index is 430. The van der Waals surface area contributed by atoms with Gasteiger partial charge in [-0.3, -0.25) is 4.79 Å². The van der Waals surface area contributed by atoms with Crippen LogP contribution in [0.5, 0.6) is 0 Å². The molecule has 6 nitrogen and oxygen atoms in total. The van der Waals surface area contributed by atoms with E-state index in [4.69, 9.17) is 5.73 Å². The molecule has 1 aromatic carbocycles. The number of rotatable bonds is 1. The zero-order valence-corrected chi connectivity index (χ0v) is 9.27. The number of nitrogens with one attached hydrogen (secondary N) is 2. The van der Waals surface area contributed by atoms with Crippen LogP contribution < -0.4 is 16.4 Å². The Morgan fingerprint density at radius 2 is 2.06 bits per heavy atom. The van der Waals surface area contributed by atoms with Crippen LogP contribution >= 0.6 is 0 Å². The van der Waals surface area contributed by atoms with Gasteiger partial charge in [-0.15, -0.1) is 0 Å². The monoisotopic (exact) mass is 234 g/mol. The Labute approximate surface area is 98.8 Å². The molecule has 90 valence electrons. The van der Waals surface area contributed by atoms with E-state index in [1.165, 1.54) is 4.90 Å². The SMILES string of the molecule is Nc1ccc(NC(=O)N2CCNC(=O)C2)cc1. The number of amides is 3. The fraction of sp³-hybridized carbons (Fsp3) is 0.273. The molecule has 0 unspecified atom stereocenters. The lowest BCUT2D eigenvalue weighted by Gasteiger charge is -2.26. The molecule has 6 heteroatoms. The highest BCUT2D eigenvalue weighted by molar-refractivity contribution is 5.93. The van der Waals surface area contributed by atoms with Crippen molar-refractivity contribution < 1.29 is 9.59 Å². The van der Waals surface area contributed by atoms with Crippen LogP contribution in [0.25, 0.3) is 0 Å². The molecule has 0 radical (unpaired) electrons. The molecule has 3 amide bonds. The van der Waals surface area contributed by atoms with Crippen LogP contribution in [-0.2, 0) is 4.79 Å². The molecular weight excluding hydrogens is 220 g/mol. The number of hydrogen-bond acceptors (Lipinski definition) is 3. The van der Waals surface area contributed by atoms with Gasteiger partial charge in [-0.05, 0) is 24.3 Å². The van der Waals surface area contributed by atoms with E-state index in [2.05, 4.69) is 10.6 Å². The first-order valence-electron chi connectivity index (χ1n) is 5.33. The number of hydrogen-bond donors (Lipinski definition) is 3. The van der Waals surface area contributed by atoms with E-state index < -0.39 is 0 Å². The van der Waals surface area contributed by atoms with Crippen LogP contribution in [0.2, 0.25) is 0 Å². The maximum Gasteiger partial charge on any atom is 0.322 e. The van der Waals surface area contributed by atoms with Crippen molar-refractivity contribution in [2.75, 3.05) is 30.7 Å². The minimum absolute atomic E-state index is 0.0980.